The predicted octanol–water partition coefficient (Wildman–Crippen LogP) is 3.53. The summed E-state index contributed by atoms with van der Waals surface area (Å²) in [6.45, 7) is 4.96. The Morgan fingerprint density at radius 1 is 1.20 bits per heavy atom. The molecule has 20 heavy (non-hydrogen) atoms. The third-order valence-corrected chi connectivity index (χ3v) is 5.21. The van der Waals surface area contributed by atoms with E-state index in [0.717, 1.165) is 32.1 Å². The van der Waals surface area contributed by atoms with Gasteiger partial charge in [-0.05, 0) is 43.1 Å². The molecule has 0 bridgehead atoms. The first kappa shape index (κ1) is 15.5. The van der Waals surface area contributed by atoms with E-state index in [9.17, 15) is 5.11 Å². The second-order valence-electron chi connectivity index (χ2n) is 7.15. The number of aryl methyl sites for hydroxylation is 1. The third-order valence-electron chi connectivity index (χ3n) is 5.21. The van der Waals surface area contributed by atoms with Gasteiger partial charge in [-0.2, -0.15) is 0 Å². The van der Waals surface area contributed by atoms with Crippen LogP contribution in [0.3, 0.4) is 0 Å². The molecule has 0 amide bonds. The lowest BCUT2D eigenvalue weighted by molar-refractivity contribution is -0.0931. The van der Waals surface area contributed by atoms with Crippen LogP contribution >= 0.6 is 0 Å². The van der Waals surface area contributed by atoms with E-state index in [1.54, 1.807) is 0 Å². The maximum absolute atomic E-state index is 10.8. The van der Waals surface area contributed by atoms with Gasteiger partial charge < -0.3 is 10.8 Å². The standard InChI is InChI=1S/C18H29NO/c1-17(2)11-7-13-18(14-19,16(17)20)12-6-10-15-8-4-3-5-9-15/h3-5,8-9,16,20H,6-7,10-14,19H2,1-2H3. The van der Waals surface area contributed by atoms with Crippen LogP contribution in [0.25, 0.3) is 0 Å². The Bertz CT molecular complexity index is 415. The zero-order valence-electron chi connectivity index (χ0n) is 12.9. The number of hydrogen-bond donors (Lipinski definition) is 2. The van der Waals surface area contributed by atoms with Crippen molar-refractivity contribution in [2.75, 3.05) is 6.54 Å². The number of rotatable bonds is 5. The van der Waals surface area contributed by atoms with Crippen molar-refractivity contribution in [3.05, 3.63) is 35.9 Å². The van der Waals surface area contributed by atoms with Crippen LogP contribution in [0.1, 0.15) is 51.5 Å². The molecule has 1 aromatic rings. The highest BCUT2D eigenvalue weighted by Crippen LogP contribution is 2.48. The van der Waals surface area contributed by atoms with E-state index in [0.29, 0.717) is 6.54 Å². The van der Waals surface area contributed by atoms with Crippen LogP contribution in [0.2, 0.25) is 0 Å². The molecule has 1 aliphatic rings. The van der Waals surface area contributed by atoms with Crippen LogP contribution in [0.15, 0.2) is 30.3 Å². The van der Waals surface area contributed by atoms with E-state index >= 15 is 0 Å². The molecule has 0 spiro atoms. The maximum Gasteiger partial charge on any atom is 0.0659 e. The number of hydrogen-bond acceptors (Lipinski definition) is 2. The van der Waals surface area contributed by atoms with E-state index < -0.39 is 0 Å². The number of aliphatic hydroxyl groups excluding tert-OH is 1. The Labute approximate surface area is 123 Å². The summed E-state index contributed by atoms with van der Waals surface area (Å²) in [5, 5.41) is 10.8. The van der Waals surface area contributed by atoms with Crippen molar-refractivity contribution in [3.63, 3.8) is 0 Å². The van der Waals surface area contributed by atoms with Crippen molar-refractivity contribution >= 4 is 0 Å². The van der Waals surface area contributed by atoms with Gasteiger partial charge >= 0.3 is 0 Å². The molecular weight excluding hydrogens is 246 g/mol. The molecule has 2 unspecified atom stereocenters. The summed E-state index contributed by atoms with van der Waals surface area (Å²) in [5.41, 5.74) is 7.38. The lowest BCUT2D eigenvalue weighted by Gasteiger charge is -2.49. The monoisotopic (exact) mass is 275 g/mol. The fourth-order valence-corrected chi connectivity index (χ4v) is 3.87. The van der Waals surface area contributed by atoms with Crippen LogP contribution in [0.4, 0.5) is 0 Å². The molecule has 1 fully saturated rings. The molecule has 3 N–H and O–H groups in total. The molecule has 2 heteroatoms. The van der Waals surface area contributed by atoms with Crippen molar-refractivity contribution in [2.24, 2.45) is 16.6 Å². The van der Waals surface area contributed by atoms with Gasteiger partial charge in [0.05, 0.1) is 6.10 Å². The van der Waals surface area contributed by atoms with Gasteiger partial charge in [-0.25, -0.2) is 0 Å². The average molecular weight is 275 g/mol. The SMILES string of the molecule is CC1(C)CCCC(CN)(CCCc2ccccc2)C1O. The first-order valence-corrected chi connectivity index (χ1v) is 7.92. The molecule has 1 saturated carbocycles. The number of nitrogens with two attached hydrogens (primary N) is 1. The molecule has 0 saturated heterocycles. The Kier molecular flexibility index (Phi) is 4.87. The van der Waals surface area contributed by atoms with Crippen LogP contribution in [0.5, 0.6) is 0 Å². The van der Waals surface area contributed by atoms with Crippen molar-refractivity contribution in [1.82, 2.24) is 0 Å². The zero-order chi connectivity index (χ0) is 14.6. The van der Waals surface area contributed by atoms with Crippen LogP contribution in [-0.4, -0.2) is 17.8 Å². The van der Waals surface area contributed by atoms with Gasteiger partial charge in [0.1, 0.15) is 0 Å². The Balaban J connectivity index is 1.97. The molecule has 1 aliphatic carbocycles. The third kappa shape index (κ3) is 3.24. The topological polar surface area (TPSA) is 46.2 Å². The molecule has 2 rings (SSSR count). The highest BCUT2D eigenvalue weighted by Gasteiger charge is 2.47. The molecule has 0 heterocycles. The highest BCUT2D eigenvalue weighted by molar-refractivity contribution is 5.14. The van der Waals surface area contributed by atoms with Crippen LogP contribution in [0, 0.1) is 10.8 Å². The molecular formula is C18H29NO. The molecule has 0 aromatic heterocycles. The molecule has 112 valence electrons. The van der Waals surface area contributed by atoms with Gasteiger partial charge in [0, 0.05) is 12.0 Å². The first-order chi connectivity index (χ1) is 9.50. The minimum Gasteiger partial charge on any atom is -0.392 e. The predicted molar refractivity (Wildman–Crippen MR) is 84.5 cm³/mol. The van der Waals surface area contributed by atoms with Crippen molar-refractivity contribution in [2.45, 2.75) is 58.5 Å². The zero-order valence-corrected chi connectivity index (χ0v) is 12.9. The van der Waals surface area contributed by atoms with Gasteiger partial charge in [0.15, 0.2) is 0 Å². The van der Waals surface area contributed by atoms with E-state index in [-0.39, 0.29) is 16.9 Å². The fourth-order valence-electron chi connectivity index (χ4n) is 3.87. The lowest BCUT2D eigenvalue weighted by atomic mass is 9.59. The molecule has 1 aromatic carbocycles. The Morgan fingerprint density at radius 2 is 1.90 bits per heavy atom. The van der Waals surface area contributed by atoms with Crippen molar-refractivity contribution in [3.8, 4) is 0 Å². The van der Waals surface area contributed by atoms with Gasteiger partial charge in [0.25, 0.3) is 0 Å². The number of aliphatic hydroxyl groups is 1. The summed E-state index contributed by atoms with van der Waals surface area (Å²) in [7, 11) is 0. The van der Waals surface area contributed by atoms with Crippen LogP contribution < -0.4 is 5.73 Å². The first-order valence-electron chi connectivity index (χ1n) is 7.92. The summed E-state index contributed by atoms with van der Waals surface area (Å²) in [6.07, 6.45) is 6.31. The van der Waals surface area contributed by atoms with E-state index in [1.165, 1.54) is 12.0 Å². The normalized spacial score (nSPS) is 29.3. The smallest absolute Gasteiger partial charge is 0.0659 e. The Hall–Kier alpha value is -0.860. The van der Waals surface area contributed by atoms with E-state index in [1.807, 2.05) is 0 Å². The number of benzene rings is 1. The second-order valence-corrected chi connectivity index (χ2v) is 7.15. The van der Waals surface area contributed by atoms with E-state index in [2.05, 4.69) is 44.2 Å². The summed E-state index contributed by atoms with van der Waals surface area (Å²) in [4.78, 5) is 0. The van der Waals surface area contributed by atoms with Gasteiger partial charge in [-0.1, -0.05) is 50.6 Å². The molecule has 2 nitrogen and oxygen atoms in total. The maximum atomic E-state index is 10.8. The minimum absolute atomic E-state index is 0.00433. The minimum atomic E-state index is -0.274. The largest absolute Gasteiger partial charge is 0.392 e. The summed E-state index contributed by atoms with van der Waals surface area (Å²) in [6, 6.07) is 10.6. The Morgan fingerprint density at radius 3 is 2.55 bits per heavy atom. The van der Waals surface area contributed by atoms with Gasteiger partial charge in [-0.3, -0.25) is 0 Å². The van der Waals surface area contributed by atoms with Crippen molar-refractivity contribution < 1.29 is 5.11 Å². The second kappa shape index (κ2) is 6.28. The van der Waals surface area contributed by atoms with Gasteiger partial charge in [0.2, 0.25) is 0 Å². The summed E-state index contributed by atoms with van der Waals surface area (Å²) < 4.78 is 0. The average Bonchev–Trinajstić information content (AvgIpc) is 2.45. The fraction of sp³-hybridized carbons (Fsp3) is 0.667. The highest BCUT2D eigenvalue weighted by atomic mass is 16.3. The molecule has 2 atom stereocenters. The quantitative estimate of drug-likeness (QED) is 0.863. The molecule has 0 radical (unpaired) electrons. The molecule has 0 aliphatic heterocycles. The summed E-state index contributed by atoms with van der Waals surface area (Å²) >= 11 is 0. The van der Waals surface area contributed by atoms with Crippen molar-refractivity contribution in [1.29, 1.82) is 0 Å². The summed E-state index contributed by atoms with van der Waals surface area (Å²) in [5.74, 6) is 0. The lowest BCUT2D eigenvalue weighted by Crippen LogP contribution is -2.52. The van der Waals surface area contributed by atoms with E-state index in [4.69, 9.17) is 5.73 Å². The van der Waals surface area contributed by atoms with Crippen LogP contribution in [-0.2, 0) is 6.42 Å². The van der Waals surface area contributed by atoms with Gasteiger partial charge in [-0.15, -0.1) is 0 Å².